The maximum absolute atomic E-state index is 12.7. The molecular formula is C18H20N2O4S2. The lowest BCUT2D eigenvalue weighted by molar-refractivity contribution is 0.554. The van der Waals surface area contributed by atoms with E-state index in [0.29, 0.717) is 0 Å². The first-order valence-electron chi connectivity index (χ1n) is 8.58. The highest BCUT2D eigenvalue weighted by Gasteiger charge is 2.29. The van der Waals surface area contributed by atoms with Crippen LogP contribution in [0, 0.1) is 0 Å². The van der Waals surface area contributed by atoms with Crippen LogP contribution in [0.4, 0.5) is 0 Å². The third-order valence-corrected chi connectivity index (χ3v) is 7.80. The molecule has 1 saturated carbocycles. The van der Waals surface area contributed by atoms with Gasteiger partial charge in [0.1, 0.15) is 0 Å². The summed E-state index contributed by atoms with van der Waals surface area (Å²) in [6.07, 6.45) is 3.25. The van der Waals surface area contributed by atoms with Gasteiger partial charge in [-0.1, -0.05) is 24.3 Å². The first kappa shape index (κ1) is 17.7. The molecule has 2 aromatic carbocycles. The smallest absolute Gasteiger partial charge is 0.208 e. The third kappa shape index (κ3) is 3.55. The Balaban J connectivity index is 1.53. The minimum absolute atomic E-state index is 0.00695. The quantitative estimate of drug-likeness (QED) is 0.787. The van der Waals surface area contributed by atoms with E-state index in [-0.39, 0.29) is 21.9 Å². The van der Waals surface area contributed by atoms with Crippen LogP contribution in [0.25, 0.3) is 0 Å². The molecule has 0 bridgehead atoms. The second-order valence-corrected chi connectivity index (χ2v) is 10.2. The maximum atomic E-state index is 12.7. The summed E-state index contributed by atoms with van der Waals surface area (Å²) in [5, 5.41) is 0. The average Bonchev–Trinajstić information content (AvgIpc) is 3.33. The highest BCUT2D eigenvalue weighted by Crippen LogP contribution is 2.32. The minimum Gasteiger partial charge on any atom is -0.208 e. The van der Waals surface area contributed by atoms with Gasteiger partial charge in [-0.25, -0.2) is 26.3 Å². The lowest BCUT2D eigenvalue weighted by Gasteiger charge is -2.15. The zero-order chi connectivity index (χ0) is 18.4. The molecule has 6 nitrogen and oxygen atoms in total. The summed E-state index contributed by atoms with van der Waals surface area (Å²) in [6, 6.07) is 12.9. The van der Waals surface area contributed by atoms with Gasteiger partial charge in [0.05, 0.1) is 9.79 Å². The van der Waals surface area contributed by atoms with Gasteiger partial charge >= 0.3 is 0 Å². The highest BCUT2D eigenvalue weighted by atomic mass is 32.2. The fourth-order valence-electron chi connectivity index (χ4n) is 3.22. The maximum Gasteiger partial charge on any atom is 0.241 e. The van der Waals surface area contributed by atoms with Gasteiger partial charge in [0.15, 0.2) is 0 Å². The Morgan fingerprint density at radius 3 is 1.92 bits per heavy atom. The van der Waals surface area contributed by atoms with E-state index in [1.54, 1.807) is 0 Å². The molecule has 8 heteroatoms. The molecular weight excluding hydrogens is 372 g/mol. The summed E-state index contributed by atoms with van der Waals surface area (Å²) >= 11 is 0. The Labute approximate surface area is 153 Å². The van der Waals surface area contributed by atoms with Gasteiger partial charge in [-0.05, 0) is 61.1 Å². The fraction of sp³-hybridized carbons (Fsp3) is 0.333. The second kappa shape index (κ2) is 6.45. The van der Waals surface area contributed by atoms with Crippen molar-refractivity contribution in [2.45, 2.75) is 47.6 Å². The molecule has 0 saturated heterocycles. The molecule has 2 N–H and O–H groups in total. The van der Waals surface area contributed by atoms with E-state index < -0.39 is 20.0 Å². The molecule has 2 aromatic rings. The Morgan fingerprint density at radius 1 is 0.731 bits per heavy atom. The molecule has 1 unspecified atom stereocenters. The van der Waals surface area contributed by atoms with Crippen molar-refractivity contribution in [2.24, 2.45) is 0 Å². The number of benzene rings is 2. The van der Waals surface area contributed by atoms with Crippen LogP contribution in [0.3, 0.4) is 0 Å². The van der Waals surface area contributed by atoms with E-state index in [1.165, 1.54) is 24.3 Å². The van der Waals surface area contributed by atoms with Crippen LogP contribution >= 0.6 is 0 Å². The molecule has 1 atom stereocenters. The van der Waals surface area contributed by atoms with Crippen LogP contribution < -0.4 is 9.44 Å². The summed E-state index contributed by atoms with van der Waals surface area (Å²) in [4.78, 5) is 0.141. The van der Waals surface area contributed by atoms with Crippen LogP contribution in [0.2, 0.25) is 0 Å². The van der Waals surface area contributed by atoms with Crippen LogP contribution in [0.5, 0.6) is 0 Å². The predicted octanol–water partition coefficient (Wildman–Crippen LogP) is 2.09. The molecule has 2 aliphatic rings. The van der Waals surface area contributed by atoms with E-state index in [1.807, 2.05) is 24.3 Å². The van der Waals surface area contributed by atoms with E-state index in [0.717, 1.165) is 36.8 Å². The molecule has 0 radical (unpaired) electrons. The Kier molecular flexibility index (Phi) is 4.38. The van der Waals surface area contributed by atoms with Crippen molar-refractivity contribution in [3.05, 3.63) is 59.7 Å². The number of nitrogens with one attached hydrogen (secondary N) is 2. The second-order valence-electron chi connectivity index (χ2n) is 6.78. The molecule has 2 aliphatic carbocycles. The molecule has 138 valence electrons. The van der Waals surface area contributed by atoms with Gasteiger partial charge in [-0.15, -0.1) is 0 Å². The SMILES string of the molecule is O=S(=O)(NC1CC1)c1ccc(S(=O)(=O)NC2CCc3ccccc32)cc1. The van der Waals surface area contributed by atoms with Crippen LogP contribution in [-0.2, 0) is 26.5 Å². The van der Waals surface area contributed by atoms with Crippen molar-refractivity contribution in [3.8, 4) is 0 Å². The van der Waals surface area contributed by atoms with Gasteiger partial charge in [-0.3, -0.25) is 0 Å². The van der Waals surface area contributed by atoms with Gasteiger partial charge < -0.3 is 0 Å². The lowest BCUT2D eigenvalue weighted by Crippen LogP contribution is -2.28. The van der Waals surface area contributed by atoms with Crippen molar-refractivity contribution in [1.29, 1.82) is 0 Å². The van der Waals surface area contributed by atoms with Crippen molar-refractivity contribution in [1.82, 2.24) is 9.44 Å². The van der Waals surface area contributed by atoms with Gasteiger partial charge in [0, 0.05) is 12.1 Å². The summed E-state index contributed by atoms with van der Waals surface area (Å²) in [5.41, 5.74) is 2.16. The molecule has 26 heavy (non-hydrogen) atoms. The molecule has 1 fully saturated rings. The predicted molar refractivity (Wildman–Crippen MR) is 97.6 cm³/mol. The van der Waals surface area contributed by atoms with E-state index in [2.05, 4.69) is 9.44 Å². The first-order chi connectivity index (χ1) is 12.4. The summed E-state index contributed by atoms with van der Waals surface area (Å²) in [6.45, 7) is 0. The molecule has 0 heterocycles. The van der Waals surface area contributed by atoms with Crippen molar-refractivity contribution >= 4 is 20.0 Å². The van der Waals surface area contributed by atoms with E-state index in [9.17, 15) is 16.8 Å². The number of hydrogen-bond acceptors (Lipinski definition) is 4. The zero-order valence-corrected chi connectivity index (χ0v) is 15.7. The monoisotopic (exact) mass is 392 g/mol. The number of fused-ring (bicyclic) bond motifs is 1. The van der Waals surface area contributed by atoms with E-state index >= 15 is 0 Å². The van der Waals surface area contributed by atoms with Crippen molar-refractivity contribution in [3.63, 3.8) is 0 Å². The number of sulfonamides is 2. The Bertz CT molecular complexity index is 1030. The number of rotatable bonds is 6. The molecule has 0 aromatic heterocycles. The molecule has 4 rings (SSSR count). The van der Waals surface area contributed by atoms with Crippen molar-refractivity contribution < 1.29 is 16.8 Å². The Hall–Kier alpha value is -1.74. The number of aryl methyl sites for hydroxylation is 1. The normalized spacial score (nSPS) is 20.1. The summed E-state index contributed by atoms with van der Waals surface area (Å²) in [7, 11) is -7.31. The zero-order valence-electron chi connectivity index (χ0n) is 14.1. The average molecular weight is 393 g/mol. The molecule has 0 aliphatic heterocycles. The fourth-order valence-corrected chi connectivity index (χ4v) is 5.78. The third-order valence-electron chi connectivity index (χ3n) is 4.77. The standard InChI is InChI=1S/C18H20N2O4S2/c21-25(22,19-14-6-7-14)15-8-10-16(11-9-15)26(23,24)20-18-12-5-13-3-1-2-4-17(13)18/h1-4,8-11,14,18-20H,5-7,12H2. The van der Waals surface area contributed by atoms with E-state index in [4.69, 9.17) is 0 Å². The van der Waals surface area contributed by atoms with Crippen molar-refractivity contribution in [2.75, 3.05) is 0 Å². The summed E-state index contributed by atoms with van der Waals surface area (Å²) < 4.78 is 55.0. The number of hydrogen-bond donors (Lipinski definition) is 2. The van der Waals surface area contributed by atoms with Gasteiger partial charge in [0.2, 0.25) is 20.0 Å². The van der Waals surface area contributed by atoms with Crippen LogP contribution in [-0.4, -0.2) is 22.9 Å². The van der Waals surface area contributed by atoms with Crippen LogP contribution in [0.15, 0.2) is 58.3 Å². The Morgan fingerprint density at radius 2 is 1.31 bits per heavy atom. The van der Waals surface area contributed by atoms with Gasteiger partial charge in [-0.2, -0.15) is 0 Å². The largest absolute Gasteiger partial charge is 0.241 e. The first-order valence-corrected chi connectivity index (χ1v) is 11.5. The highest BCUT2D eigenvalue weighted by molar-refractivity contribution is 7.90. The van der Waals surface area contributed by atoms with Gasteiger partial charge in [0.25, 0.3) is 0 Å². The summed E-state index contributed by atoms with van der Waals surface area (Å²) in [5.74, 6) is 0. The molecule has 0 spiro atoms. The minimum atomic E-state index is -3.72. The topological polar surface area (TPSA) is 92.3 Å². The van der Waals surface area contributed by atoms with Crippen LogP contribution in [0.1, 0.15) is 36.4 Å². The lowest BCUT2D eigenvalue weighted by atomic mass is 10.1. The molecule has 0 amide bonds.